The van der Waals surface area contributed by atoms with E-state index in [1.54, 1.807) is 25.3 Å². The van der Waals surface area contributed by atoms with Gasteiger partial charge in [0.05, 0.1) is 17.3 Å². The number of nitrogen functional groups attached to an aromatic ring is 1. The highest BCUT2D eigenvalue weighted by molar-refractivity contribution is 6.33. The molecule has 0 heterocycles. The molecule has 1 aromatic rings. The van der Waals surface area contributed by atoms with Gasteiger partial charge in [0.1, 0.15) is 6.23 Å². The quantitative estimate of drug-likeness (QED) is 0.403. The van der Waals surface area contributed by atoms with Gasteiger partial charge < -0.3 is 15.6 Å². The number of benzene rings is 1. The topological polar surface area (TPSA) is 67.5 Å². The molecule has 4 nitrogen and oxygen atoms in total. The maximum Gasteiger partial charge on any atom is 0.131 e. The summed E-state index contributed by atoms with van der Waals surface area (Å²) in [7, 11) is 1.61. The molecule has 0 fully saturated rings. The van der Waals surface area contributed by atoms with Gasteiger partial charge in [-0.25, -0.2) is 0 Å². The van der Waals surface area contributed by atoms with Gasteiger partial charge in [0, 0.05) is 13.7 Å². The van der Waals surface area contributed by atoms with E-state index in [0.29, 0.717) is 29.4 Å². The van der Waals surface area contributed by atoms with Crippen molar-refractivity contribution in [1.29, 1.82) is 0 Å². The standard InChI is InChI=1S/C10H15ClN2O2/c1-15-5-4-13-10(14)7-2-3-9(12)8(11)6-7/h2-3,6,10,13-14H,4-5,12H2,1H3. The summed E-state index contributed by atoms with van der Waals surface area (Å²) in [5.74, 6) is 0. The van der Waals surface area contributed by atoms with Crippen molar-refractivity contribution in [3.8, 4) is 0 Å². The predicted molar refractivity (Wildman–Crippen MR) is 60.7 cm³/mol. The van der Waals surface area contributed by atoms with Crippen LogP contribution in [0.3, 0.4) is 0 Å². The van der Waals surface area contributed by atoms with Crippen molar-refractivity contribution in [3.05, 3.63) is 28.8 Å². The van der Waals surface area contributed by atoms with Gasteiger partial charge in [0.25, 0.3) is 0 Å². The second-order valence-corrected chi connectivity index (χ2v) is 3.54. The summed E-state index contributed by atoms with van der Waals surface area (Å²) in [6.07, 6.45) is -0.752. The minimum Gasteiger partial charge on any atom is -0.398 e. The van der Waals surface area contributed by atoms with E-state index in [-0.39, 0.29) is 0 Å². The number of anilines is 1. The Labute approximate surface area is 94.0 Å². The fraction of sp³-hybridized carbons (Fsp3) is 0.400. The van der Waals surface area contributed by atoms with Crippen LogP contribution in [0.1, 0.15) is 11.8 Å². The van der Waals surface area contributed by atoms with Crippen LogP contribution >= 0.6 is 11.6 Å². The molecule has 0 saturated carbocycles. The highest BCUT2D eigenvalue weighted by atomic mass is 35.5. The van der Waals surface area contributed by atoms with E-state index in [1.165, 1.54) is 0 Å². The Bertz CT molecular complexity index is 320. The molecule has 15 heavy (non-hydrogen) atoms. The van der Waals surface area contributed by atoms with E-state index in [1.807, 2.05) is 0 Å². The van der Waals surface area contributed by atoms with Gasteiger partial charge in [-0.3, -0.25) is 5.32 Å². The third-order valence-corrected chi connectivity index (χ3v) is 2.31. The summed E-state index contributed by atoms with van der Waals surface area (Å²) < 4.78 is 4.85. The minimum absolute atomic E-state index is 0.445. The van der Waals surface area contributed by atoms with Crippen LogP contribution in [0.15, 0.2) is 18.2 Å². The number of rotatable bonds is 5. The molecular formula is C10H15ClN2O2. The van der Waals surface area contributed by atoms with Gasteiger partial charge >= 0.3 is 0 Å². The monoisotopic (exact) mass is 230 g/mol. The van der Waals surface area contributed by atoms with E-state index >= 15 is 0 Å². The number of hydrogen-bond acceptors (Lipinski definition) is 4. The van der Waals surface area contributed by atoms with Crippen molar-refractivity contribution < 1.29 is 9.84 Å². The molecule has 5 heteroatoms. The average molecular weight is 231 g/mol. The highest BCUT2D eigenvalue weighted by Gasteiger charge is 2.07. The third-order valence-electron chi connectivity index (χ3n) is 1.98. The summed E-state index contributed by atoms with van der Waals surface area (Å²) in [5.41, 5.74) is 6.75. The SMILES string of the molecule is COCCNC(O)c1ccc(N)c(Cl)c1. The highest BCUT2D eigenvalue weighted by Crippen LogP contribution is 2.22. The van der Waals surface area contributed by atoms with Crippen LogP contribution in [-0.2, 0) is 4.74 Å². The average Bonchev–Trinajstić information content (AvgIpc) is 2.22. The molecule has 0 saturated heterocycles. The Morgan fingerprint density at radius 1 is 1.60 bits per heavy atom. The summed E-state index contributed by atoms with van der Waals surface area (Å²) in [6, 6.07) is 5.03. The maximum absolute atomic E-state index is 9.70. The molecule has 0 radical (unpaired) electrons. The second-order valence-electron chi connectivity index (χ2n) is 3.13. The number of aliphatic hydroxyl groups excluding tert-OH is 1. The zero-order valence-corrected chi connectivity index (χ0v) is 9.29. The molecule has 0 aliphatic rings. The van der Waals surface area contributed by atoms with E-state index in [4.69, 9.17) is 22.1 Å². The minimum atomic E-state index is -0.752. The van der Waals surface area contributed by atoms with Crippen LogP contribution in [0.2, 0.25) is 5.02 Å². The van der Waals surface area contributed by atoms with Crippen LogP contribution in [0.5, 0.6) is 0 Å². The first kappa shape index (κ1) is 12.3. The van der Waals surface area contributed by atoms with Crippen LogP contribution in [0, 0.1) is 0 Å². The van der Waals surface area contributed by atoms with E-state index < -0.39 is 6.23 Å². The first-order valence-corrected chi connectivity index (χ1v) is 4.98. The lowest BCUT2D eigenvalue weighted by Crippen LogP contribution is -2.24. The maximum atomic E-state index is 9.70. The largest absolute Gasteiger partial charge is 0.398 e. The molecule has 84 valence electrons. The molecule has 1 unspecified atom stereocenters. The van der Waals surface area contributed by atoms with Crippen molar-refractivity contribution in [1.82, 2.24) is 5.32 Å². The Hall–Kier alpha value is -0.810. The molecule has 1 atom stereocenters. The molecule has 0 aromatic heterocycles. The fourth-order valence-corrected chi connectivity index (χ4v) is 1.32. The Morgan fingerprint density at radius 3 is 2.93 bits per heavy atom. The number of ether oxygens (including phenoxy) is 1. The smallest absolute Gasteiger partial charge is 0.131 e. The molecule has 0 amide bonds. The van der Waals surface area contributed by atoms with E-state index in [2.05, 4.69) is 5.32 Å². The first-order valence-electron chi connectivity index (χ1n) is 4.60. The number of nitrogens with one attached hydrogen (secondary N) is 1. The molecule has 1 aromatic carbocycles. The van der Waals surface area contributed by atoms with Gasteiger partial charge in [-0.05, 0) is 17.7 Å². The van der Waals surface area contributed by atoms with Gasteiger partial charge in [0.2, 0.25) is 0 Å². The van der Waals surface area contributed by atoms with Crippen molar-refractivity contribution in [2.24, 2.45) is 0 Å². The lowest BCUT2D eigenvalue weighted by atomic mass is 10.2. The van der Waals surface area contributed by atoms with Gasteiger partial charge in [-0.15, -0.1) is 0 Å². The molecule has 1 rings (SSSR count). The lowest BCUT2D eigenvalue weighted by molar-refractivity contribution is 0.119. The number of hydrogen-bond donors (Lipinski definition) is 3. The van der Waals surface area contributed by atoms with Crippen LogP contribution < -0.4 is 11.1 Å². The number of halogens is 1. The summed E-state index contributed by atoms with van der Waals surface area (Å²) in [4.78, 5) is 0. The normalized spacial score (nSPS) is 12.7. The first-order chi connectivity index (χ1) is 7.15. The van der Waals surface area contributed by atoms with E-state index in [9.17, 15) is 5.11 Å². The van der Waals surface area contributed by atoms with Crippen LogP contribution in [-0.4, -0.2) is 25.4 Å². The Morgan fingerprint density at radius 2 is 2.33 bits per heavy atom. The van der Waals surface area contributed by atoms with Crippen LogP contribution in [0.4, 0.5) is 5.69 Å². The summed E-state index contributed by atoms with van der Waals surface area (Å²) in [5, 5.41) is 13.0. The number of methoxy groups -OCH3 is 1. The second kappa shape index (κ2) is 5.92. The zero-order valence-electron chi connectivity index (χ0n) is 8.53. The molecule has 0 aliphatic heterocycles. The molecular weight excluding hydrogens is 216 g/mol. The lowest BCUT2D eigenvalue weighted by Gasteiger charge is -2.13. The molecule has 0 spiro atoms. The zero-order chi connectivity index (χ0) is 11.3. The molecule has 0 bridgehead atoms. The predicted octanol–water partition coefficient (Wildman–Crippen LogP) is 1.15. The van der Waals surface area contributed by atoms with Gasteiger partial charge in [-0.2, -0.15) is 0 Å². The van der Waals surface area contributed by atoms with Crippen molar-refractivity contribution in [2.75, 3.05) is 26.0 Å². The fourth-order valence-electron chi connectivity index (χ4n) is 1.13. The van der Waals surface area contributed by atoms with Crippen molar-refractivity contribution in [2.45, 2.75) is 6.23 Å². The Kier molecular flexibility index (Phi) is 4.84. The van der Waals surface area contributed by atoms with Crippen LogP contribution in [0.25, 0.3) is 0 Å². The Balaban J connectivity index is 2.57. The molecule has 0 aliphatic carbocycles. The van der Waals surface area contributed by atoms with Gasteiger partial charge in [-0.1, -0.05) is 17.7 Å². The number of aliphatic hydroxyl groups is 1. The summed E-state index contributed by atoms with van der Waals surface area (Å²) in [6.45, 7) is 1.11. The van der Waals surface area contributed by atoms with Gasteiger partial charge in [0.15, 0.2) is 0 Å². The number of nitrogens with two attached hydrogens (primary N) is 1. The van der Waals surface area contributed by atoms with E-state index in [0.717, 1.165) is 0 Å². The van der Waals surface area contributed by atoms with Crippen molar-refractivity contribution >= 4 is 17.3 Å². The van der Waals surface area contributed by atoms with Crippen molar-refractivity contribution in [3.63, 3.8) is 0 Å². The third kappa shape index (κ3) is 3.68. The summed E-state index contributed by atoms with van der Waals surface area (Å²) >= 11 is 5.83. The molecule has 4 N–H and O–H groups in total.